The van der Waals surface area contributed by atoms with Crippen molar-refractivity contribution in [1.82, 2.24) is 19.5 Å². The normalized spacial score (nSPS) is 17.9. The number of anilines is 1. The summed E-state index contributed by atoms with van der Waals surface area (Å²) in [7, 11) is -15.9. The van der Waals surface area contributed by atoms with Crippen LogP contribution in [0.1, 0.15) is 13.0 Å². The van der Waals surface area contributed by atoms with Gasteiger partial charge in [-0.1, -0.05) is 0 Å². The molecule has 28 heavy (non-hydrogen) atoms. The van der Waals surface area contributed by atoms with E-state index in [0.717, 1.165) is 0 Å². The maximum absolute atomic E-state index is 11.7. The third-order valence-electron chi connectivity index (χ3n) is 2.98. The number of imidazole rings is 1. The summed E-state index contributed by atoms with van der Waals surface area (Å²) in [5.41, 5.74) is 5.05. The first-order valence-corrected chi connectivity index (χ1v) is 11.9. The van der Waals surface area contributed by atoms with Crippen LogP contribution in [0.5, 0.6) is 0 Å². The Balaban J connectivity index is 2.01. The Morgan fingerprint density at radius 3 is 2.50 bits per heavy atom. The van der Waals surface area contributed by atoms with Gasteiger partial charge < -0.3 is 34.6 Å². The Labute approximate surface area is 155 Å². The number of nitrogens with two attached hydrogens (primary N) is 1. The monoisotopic (exact) mass is 463 g/mol. The highest BCUT2D eigenvalue weighted by Crippen LogP contribution is 2.65. The number of nitrogens with zero attached hydrogens (tertiary/aromatic N) is 3. The molecule has 0 aliphatic heterocycles. The first-order valence-electron chi connectivity index (χ1n) is 7.12. The van der Waals surface area contributed by atoms with Gasteiger partial charge in [-0.3, -0.25) is 14.3 Å². The fraction of sp³-hybridized carbons (Fsp3) is 0.444. The summed E-state index contributed by atoms with van der Waals surface area (Å²) >= 11 is 0. The number of rotatable bonds is 9. The van der Waals surface area contributed by atoms with E-state index in [0.29, 0.717) is 0 Å². The van der Waals surface area contributed by atoms with Crippen molar-refractivity contribution in [3.05, 3.63) is 16.7 Å². The number of H-pyrrole nitrogens is 1. The van der Waals surface area contributed by atoms with Gasteiger partial charge in [0, 0.05) is 0 Å². The van der Waals surface area contributed by atoms with Crippen LogP contribution >= 0.6 is 23.2 Å². The summed E-state index contributed by atoms with van der Waals surface area (Å²) in [4.78, 5) is 57.3. The smallest absolute Gasteiger partial charge is 0.369 e. The van der Waals surface area contributed by atoms with Crippen LogP contribution < -0.4 is 11.3 Å². The van der Waals surface area contributed by atoms with E-state index in [-0.39, 0.29) is 23.7 Å². The minimum atomic E-state index is -5.52. The number of hydrogen-bond donors (Lipinski definition) is 6. The van der Waals surface area contributed by atoms with E-state index in [4.69, 9.17) is 25.2 Å². The number of aromatic amines is 1. The van der Waals surface area contributed by atoms with Gasteiger partial charge in [-0.25, -0.2) is 18.4 Å². The zero-order valence-electron chi connectivity index (χ0n) is 14.0. The van der Waals surface area contributed by atoms with Crippen LogP contribution in [0.2, 0.25) is 0 Å². The lowest BCUT2D eigenvalue weighted by molar-refractivity contribution is 0.128. The Hall–Kier alpha value is -1.44. The molecule has 2 rings (SSSR count). The second-order valence-electron chi connectivity index (χ2n) is 5.38. The van der Waals surface area contributed by atoms with E-state index in [2.05, 4.69) is 23.6 Å². The molecule has 0 saturated carbocycles. The molecule has 7 N–H and O–H groups in total. The van der Waals surface area contributed by atoms with E-state index in [1.54, 1.807) is 6.92 Å². The summed E-state index contributed by atoms with van der Waals surface area (Å²) in [6.07, 6.45) is 0.167. The summed E-state index contributed by atoms with van der Waals surface area (Å²) in [6, 6.07) is -0.578. The van der Waals surface area contributed by atoms with Gasteiger partial charge in [-0.05, 0) is 6.92 Å². The second-order valence-corrected chi connectivity index (χ2v) is 10.1. The Morgan fingerprint density at radius 1 is 1.25 bits per heavy atom. The lowest BCUT2D eigenvalue weighted by Crippen LogP contribution is -2.16. The number of phosphoric acid groups is 2. The van der Waals surface area contributed by atoms with Crippen molar-refractivity contribution in [3.8, 4) is 0 Å². The highest BCUT2D eigenvalue weighted by atomic mass is 31.3. The van der Waals surface area contributed by atoms with E-state index < -0.39 is 41.2 Å². The quantitative estimate of drug-likeness (QED) is 0.260. The van der Waals surface area contributed by atoms with Gasteiger partial charge in [0.15, 0.2) is 11.2 Å². The van der Waals surface area contributed by atoms with E-state index in [9.17, 15) is 23.4 Å². The van der Waals surface area contributed by atoms with Crippen LogP contribution in [0, 0.1) is 0 Å². The van der Waals surface area contributed by atoms with Gasteiger partial charge in [0.05, 0.1) is 19.0 Å². The van der Waals surface area contributed by atoms with E-state index >= 15 is 0 Å². The lowest BCUT2D eigenvalue weighted by atomic mass is 10.3. The van der Waals surface area contributed by atoms with Gasteiger partial charge in [0.2, 0.25) is 5.95 Å². The Morgan fingerprint density at radius 2 is 1.89 bits per heavy atom. The molecule has 2 heterocycles. The SMILES string of the molecule is CC(COCP(=O)(O)OP(=O)(O)OP(=O)(O)O)n1cnc2c(=O)[nH]c(N)nc21. The summed E-state index contributed by atoms with van der Waals surface area (Å²) in [6.45, 7) is 1.32. The predicted octanol–water partition coefficient (Wildman–Crippen LogP) is -0.351. The highest BCUT2D eigenvalue weighted by molar-refractivity contribution is 7.68. The van der Waals surface area contributed by atoms with Gasteiger partial charge >= 0.3 is 23.2 Å². The summed E-state index contributed by atoms with van der Waals surface area (Å²) in [5, 5.41) is 0. The van der Waals surface area contributed by atoms with E-state index in [1.165, 1.54) is 10.9 Å². The highest BCUT2D eigenvalue weighted by Gasteiger charge is 2.39. The van der Waals surface area contributed by atoms with Crippen LogP contribution in [-0.2, 0) is 27.1 Å². The third-order valence-corrected chi connectivity index (χ3v) is 7.01. The van der Waals surface area contributed by atoms with Crippen molar-refractivity contribution in [3.63, 3.8) is 0 Å². The molecule has 158 valence electrons. The Bertz CT molecular complexity index is 1060. The first kappa shape index (κ1) is 22.8. The van der Waals surface area contributed by atoms with Crippen LogP contribution in [0.4, 0.5) is 5.95 Å². The van der Waals surface area contributed by atoms with Crippen molar-refractivity contribution < 1.29 is 46.6 Å². The second kappa shape index (κ2) is 8.13. The largest absolute Gasteiger partial charge is 0.488 e. The zero-order valence-corrected chi connectivity index (χ0v) is 16.7. The molecule has 2 aromatic heterocycles. The average molecular weight is 463 g/mol. The molecule has 19 heteroatoms. The van der Waals surface area contributed by atoms with Crippen LogP contribution in [0.15, 0.2) is 11.1 Å². The van der Waals surface area contributed by atoms with Gasteiger partial charge in [-0.2, -0.15) is 9.29 Å². The maximum Gasteiger partial charge on any atom is 0.488 e. The van der Waals surface area contributed by atoms with Gasteiger partial charge in [-0.15, -0.1) is 0 Å². The predicted molar refractivity (Wildman–Crippen MR) is 92.0 cm³/mol. The van der Waals surface area contributed by atoms with Crippen molar-refractivity contribution in [2.75, 3.05) is 18.7 Å². The fourth-order valence-electron chi connectivity index (χ4n) is 2.02. The summed E-state index contributed by atoms with van der Waals surface area (Å²) in [5.74, 6) is -0.149. The van der Waals surface area contributed by atoms with Crippen molar-refractivity contribution in [1.29, 1.82) is 0 Å². The zero-order chi connectivity index (χ0) is 21.3. The summed E-state index contributed by atoms with van der Waals surface area (Å²) < 4.78 is 47.2. The van der Waals surface area contributed by atoms with Crippen molar-refractivity contribution >= 4 is 40.4 Å². The molecule has 0 aromatic carbocycles. The van der Waals surface area contributed by atoms with Crippen LogP contribution in [0.3, 0.4) is 0 Å². The molecular formula is C9H16N5O11P3. The molecule has 0 aliphatic rings. The van der Waals surface area contributed by atoms with Gasteiger partial charge in [0.1, 0.15) is 6.35 Å². The number of nitrogen functional groups attached to an aromatic ring is 1. The fourth-order valence-corrected chi connectivity index (χ4v) is 5.30. The first-order chi connectivity index (χ1) is 12.7. The minimum absolute atomic E-state index is 0.00742. The topological polar surface area (TPSA) is 249 Å². The molecular weight excluding hydrogens is 447 g/mol. The van der Waals surface area contributed by atoms with Crippen molar-refractivity contribution in [2.24, 2.45) is 0 Å². The standard InChI is InChI=1S/C9H16N5O11P3/c1-5(14-3-11-6-7(14)12-9(10)13-8(6)15)2-23-4-26(16,17)24-28(21,22)25-27(18,19)20/h3,5H,2,4H2,1H3,(H,16,17)(H,21,22)(H2,18,19,20)(H3,10,12,13,15). The van der Waals surface area contributed by atoms with Gasteiger partial charge in [0.25, 0.3) is 5.56 Å². The molecule has 2 aromatic rings. The number of fused-ring (bicyclic) bond motifs is 1. The van der Waals surface area contributed by atoms with Crippen LogP contribution in [0.25, 0.3) is 11.2 Å². The van der Waals surface area contributed by atoms with Crippen molar-refractivity contribution in [2.45, 2.75) is 13.0 Å². The Kier molecular flexibility index (Phi) is 6.63. The lowest BCUT2D eigenvalue weighted by Gasteiger charge is -2.18. The molecule has 3 atom stereocenters. The number of aromatic nitrogens is 4. The molecule has 0 bridgehead atoms. The molecule has 0 aliphatic carbocycles. The number of hydrogen-bond acceptors (Lipinski definition) is 10. The third kappa shape index (κ3) is 6.29. The van der Waals surface area contributed by atoms with Crippen LogP contribution in [-0.4, -0.2) is 52.0 Å². The molecule has 0 fully saturated rings. The molecule has 16 nitrogen and oxygen atoms in total. The number of nitrogens with one attached hydrogen (secondary N) is 1. The number of ether oxygens (including phenoxy) is 1. The molecule has 0 radical (unpaired) electrons. The minimum Gasteiger partial charge on any atom is -0.369 e. The molecule has 0 amide bonds. The molecule has 0 spiro atoms. The molecule has 3 unspecified atom stereocenters. The molecule has 0 saturated heterocycles. The van der Waals surface area contributed by atoms with E-state index in [1.807, 2.05) is 0 Å². The average Bonchev–Trinajstić information content (AvgIpc) is 2.86. The maximum atomic E-state index is 11.7.